The van der Waals surface area contributed by atoms with E-state index in [9.17, 15) is 4.79 Å². The second-order valence-electron chi connectivity index (χ2n) is 7.83. The molecule has 1 amide bonds. The number of nitrogens with zero attached hydrogens (tertiary/aromatic N) is 2. The van der Waals surface area contributed by atoms with E-state index in [1.165, 1.54) is 21.2 Å². The van der Waals surface area contributed by atoms with Gasteiger partial charge >= 0.3 is 0 Å². The summed E-state index contributed by atoms with van der Waals surface area (Å²) in [6.07, 6.45) is 3.82. The number of pyridine rings is 1. The van der Waals surface area contributed by atoms with Crippen molar-refractivity contribution < 1.29 is 4.79 Å². The van der Waals surface area contributed by atoms with E-state index >= 15 is 0 Å². The number of fused-ring (bicyclic) bond motifs is 1. The molecule has 0 radical (unpaired) electrons. The maximum absolute atomic E-state index is 13.0. The number of piperidine rings is 1. The standard InChI is InChI=1S/C23H27N3OS/c1-15-6-7-18(13-16(15)2)17(3)25-23(27)19-5-4-11-26(14-19)22-20-9-12-28-21(20)8-10-24-22/h6-10,12-13,17,19H,4-5,11,14H2,1-3H3,(H,25,27). The van der Waals surface area contributed by atoms with Crippen LogP contribution in [0.3, 0.4) is 0 Å². The van der Waals surface area contributed by atoms with Gasteiger partial charge in [-0.15, -0.1) is 11.3 Å². The second-order valence-corrected chi connectivity index (χ2v) is 8.77. The van der Waals surface area contributed by atoms with E-state index in [0.29, 0.717) is 0 Å². The molecular formula is C23H27N3OS. The third-order valence-corrected chi connectivity index (χ3v) is 6.72. The number of anilines is 1. The van der Waals surface area contributed by atoms with E-state index < -0.39 is 0 Å². The number of benzene rings is 1. The highest BCUT2D eigenvalue weighted by Gasteiger charge is 2.28. The number of carbonyl (C=O) groups excluding carboxylic acids is 1. The van der Waals surface area contributed by atoms with Crippen LogP contribution in [-0.2, 0) is 4.79 Å². The van der Waals surface area contributed by atoms with Gasteiger partial charge in [0, 0.05) is 29.4 Å². The topological polar surface area (TPSA) is 45.2 Å². The van der Waals surface area contributed by atoms with Crippen molar-refractivity contribution in [3.05, 3.63) is 58.6 Å². The van der Waals surface area contributed by atoms with Gasteiger partial charge in [-0.3, -0.25) is 4.79 Å². The van der Waals surface area contributed by atoms with Crippen molar-refractivity contribution >= 4 is 33.1 Å². The number of nitrogens with one attached hydrogen (secondary N) is 1. The van der Waals surface area contributed by atoms with Crippen LogP contribution >= 0.6 is 11.3 Å². The van der Waals surface area contributed by atoms with E-state index in [-0.39, 0.29) is 17.9 Å². The molecule has 5 heteroatoms. The van der Waals surface area contributed by atoms with Crippen LogP contribution < -0.4 is 10.2 Å². The van der Waals surface area contributed by atoms with Crippen molar-refractivity contribution in [3.8, 4) is 0 Å². The van der Waals surface area contributed by atoms with E-state index in [4.69, 9.17) is 0 Å². The van der Waals surface area contributed by atoms with Crippen LogP contribution in [0.25, 0.3) is 10.1 Å². The van der Waals surface area contributed by atoms with Crippen LogP contribution in [0, 0.1) is 19.8 Å². The molecule has 3 heterocycles. The summed E-state index contributed by atoms with van der Waals surface area (Å²) >= 11 is 1.73. The summed E-state index contributed by atoms with van der Waals surface area (Å²) in [7, 11) is 0. The van der Waals surface area contributed by atoms with Gasteiger partial charge in [0.25, 0.3) is 0 Å². The average Bonchev–Trinajstić information content (AvgIpc) is 3.19. The Kier molecular flexibility index (Phi) is 5.36. The monoisotopic (exact) mass is 393 g/mol. The smallest absolute Gasteiger partial charge is 0.225 e. The predicted molar refractivity (Wildman–Crippen MR) is 117 cm³/mol. The molecule has 28 heavy (non-hydrogen) atoms. The average molecular weight is 394 g/mol. The highest BCUT2D eigenvalue weighted by molar-refractivity contribution is 7.17. The lowest BCUT2D eigenvalue weighted by atomic mass is 9.95. The SMILES string of the molecule is Cc1ccc(C(C)NC(=O)C2CCCN(c3nccc4sccc34)C2)cc1C. The Balaban J connectivity index is 1.46. The molecule has 0 aliphatic carbocycles. The quantitative estimate of drug-likeness (QED) is 0.678. The Bertz CT molecular complexity index is 996. The summed E-state index contributed by atoms with van der Waals surface area (Å²) < 4.78 is 1.25. The van der Waals surface area contributed by atoms with Crippen LogP contribution in [0.1, 0.15) is 42.5 Å². The van der Waals surface area contributed by atoms with Gasteiger partial charge in [-0.1, -0.05) is 18.2 Å². The van der Waals surface area contributed by atoms with Gasteiger partial charge in [-0.05, 0) is 67.8 Å². The van der Waals surface area contributed by atoms with Crippen LogP contribution in [0.2, 0.25) is 0 Å². The highest BCUT2D eigenvalue weighted by atomic mass is 32.1. The van der Waals surface area contributed by atoms with E-state index in [1.54, 1.807) is 11.3 Å². The van der Waals surface area contributed by atoms with Crippen molar-refractivity contribution in [1.29, 1.82) is 0 Å². The molecule has 4 rings (SSSR count). The predicted octanol–water partition coefficient (Wildman–Crippen LogP) is 5.01. The normalized spacial score (nSPS) is 18.2. The molecule has 2 unspecified atom stereocenters. The molecule has 146 valence electrons. The molecule has 1 aromatic carbocycles. The summed E-state index contributed by atoms with van der Waals surface area (Å²) in [4.78, 5) is 19.9. The first-order chi connectivity index (χ1) is 13.5. The molecule has 0 spiro atoms. The summed E-state index contributed by atoms with van der Waals surface area (Å²) in [5.74, 6) is 1.16. The lowest BCUT2D eigenvalue weighted by Gasteiger charge is -2.33. The number of amides is 1. The van der Waals surface area contributed by atoms with Gasteiger partial charge < -0.3 is 10.2 Å². The molecule has 0 saturated carbocycles. The Labute approximate surface area is 170 Å². The largest absolute Gasteiger partial charge is 0.355 e. The lowest BCUT2D eigenvalue weighted by Crippen LogP contribution is -2.44. The third-order valence-electron chi connectivity index (χ3n) is 5.84. The molecule has 1 saturated heterocycles. The van der Waals surface area contributed by atoms with Gasteiger partial charge in [0.15, 0.2) is 0 Å². The van der Waals surface area contributed by atoms with Crippen molar-refractivity contribution in [2.24, 2.45) is 5.92 Å². The maximum atomic E-state index is 13.0. The number of thiophene rings is 1. The zero-order chi connectivity index (χ0) is 19.7. The zero-order valence-corrected chi connectivity index (χ0v) is 17.6. The van der Waals surface area contributed by atoms with E-state index in [0.717, 1.165) is 37.3 Å². The van der Waals surface area contributed by atoms with Crippen LogP contribution in [-0.4, -0.2) is 24.0 Å². The molecule has 4 nitrogen and oxygen atoms in total. The van der Waals surface area contributed by atoms with Gasteiger partial charge in [0.05, 0.1) is 12.0 Å². The first-order valence-corrected chi connectivity index (χ1v) is 10.9. The number of hydrogen-bond acceptors (Lipinski definition) is 4. The van der Waals surface area contributed by atoms with Gasteiger partial charge in [-0.2, -0.15) is 0 Å². The molecule has 1 aliphatic heterocycles. The summed E-state index contributed by atoms with van der Waals surface area (Å²) in [5.41, 5.74) is 3.70. The lowest BCUT2D eigenvalue weighted by molar-refractivity contribution is -0.125. The van der Waals surface area contributed by atoms with Gasteiger partial charge in [0.2, 0.25) is 5.91 Å². The molecule has 1 fully saturated rings. The van der Waals surface area contributed by atoms with E-state index in [1.807, 2.05) is 6.20 Å². The number of aryl methyl sites for hydroxylation is 2. The van der Waals surface area contributed by atoms with Gasteiger partial charge in [-0.25, -0.2) is 4.98 Å². The number of hydrogen-bond donors (Lipinski definition) is 1. The Morgan fingerprint density at radius 2 is 2.11 bits per heavy atom. The van der Waals surface area contributed by atoms with Crippen molar-refractivity contribution in [2.75, 3.05) is 18.0 Å². The molecule has 3 aromatic rings. The Hall–Kier alpha value is -2.40. The molecule has 1 aliphatic rings. The highest BCUT2D eigenvalue weighted by Crippen LogP contribution is 2.31. The van der Waals surface area contributed by atoms with Crippen LogP contribution in [0.4, 0.5) is 5.82 Å². The van der Waals surface area contributed by atoms with E-state index in [2.05, 4.69) is 71.7 Å². The molecule has 2 atom stereocenters. The molecule has 0 bridgehead atoms. The molecular weight excluding hydrogens is 366 g/mol. The van der Waals surface area contributed by atoms with Crippen LogP contribution in [0.5, 0.6) is 0 Å². The zero-order valence-electron chi connectivity index (χ0n) is 16.7. The fraction of sp³-hybridized carbons (Fsp3) is 0.391. The van der Waals surface area contributed by atoms with Gasteiger partial charge in [0.1, 0.15) is 5.82 Å². The van der Waals surface area contributed by atoms with Crippen molar-refractivity contribution in [2.45, 2.75) is 39.7 Å². The fourth-order valence-corrected chi connectivity index (χ4v) is 4.74. The minimum absolute atomic E-state index is 0.00145. The number of carbonyl (C=O) groups is 1. The van der Waals surface area contributed by atoms with Crippen LogP contribution in [0.15, 0.2) is 41.9 Å². The minimum Gasteiger partial charge on any atom is -0.355 e. The van der Waals surface area contributed by atoms with Crippen molar-refractivity contribution in [3.63, 3.8) is 0 Å². The first kappa shape index (κ1) is 18.9. The minimum atomic E-state index is -0.00145. The van der Waals surface area contributed by atoms with Crippen molar-refractivity contribution in [1.82, 2.24) is 10.3 Å². The number of aromatic nitrogens is 1. The second kappa shape index (κ2) is 7.92. The number of rotatable bonds is 4. The molecule has 2 aromatic heterocycles. The first-order valence-electron chi connectivity index (χ1n) is 9.97. The third kappa shape index (κ3) is 3.76. The summed E-state index contributed by atoms with van der Waals surface area (Å²) in [6, 6.07) is 10.6. The molecule has 1 N–H and O–H groups in total. The maximum Gasteiger partial charge on any atom is 0.225 e. The Morgan fingerprint density at radius 3 is 2.93 bits per heavy atom. The summed E-state index contributed by atoms with van der Waals surface area (Å²) in [6.45, 7) is 7.98. The summed E-state index contributed by atoms with van der Waals surface area (Å²) in [5, 5.41) is 6.53. The Morgan fingerprint density at radius 1 is 1.25 bits per heavy atom. The fourth-order valence-electron chi connectivity index (χ4n) is 3.96.